The van der Waals surface area contributed by atoms with Crippen molar-refractivity contribution in [3.05, 3.63) is 35.5 Å². The number of carbonyl (C=O) groups excluding carboxylic acids is 1. The Hall–Kier alpha value is -2.74. The Balaban J connectivity index is 1.38. The van der Waals surface area contributed by atoms with Crippen molar-refractivity contribution in [1.29, 1.82) is 0 Å². The van der Waals surface area contributed by atoms with Gasteiger partial charge in [-0.2, -0.15) is 0 Å². The summed E-state index contributed by atoms with van der Waals surface area (Å²) in [5.74, 6) is 0.330. The van der Waals surface area contributed by atoms with E-state index in [0.29, 0.717) is 28.5 Å². The van der Waals surface area contributed by atoms with E-state index in [-0.39, 0.29) is 23.8 Å². The molecular formula is C21H22ClFN6O. The number of H-pyrrole nitrogens is 1. The van der Waals surface area contributed by atoms with Gasteiger partial charge in [0.1, 0.15) is 5.65 Å². The molecular weight excluding hydrogens is 407 g/mol. The number of hydrogen-bond donors (Lipinski definition) is 2. The highest BCUT2D eigenvalue weighted by Crippen LogP contribution is 2.31. The Bertz CT molecular complexity index is 1100. The van der Waals surface area contributed by atoms with E-state index in [2.05, 4.69) is 25.3 Å². The number of aromatic amines is 1. The molecule has 0 aromatic carbocycles. The average molecular weight is 429 g/mol. The van der Waals surface area contributed by atoms with Crippen LogP contribution in [0.25, 0.3) is 22.4 Å². The molecule has 1 aliphatic heterocycles. The van der Waals surface area contributed by atoms with Gasteiger partial charge in [-0.3, -0.25) is 4.79 Å². The first kappa shape index (κ1) is 19.2. The number of pyridine rings is 1. The molecule has 2 aliphatic rings. The Kier molecular flexibility index (Phi) is 5.02. The quantitative estimate of drug-likeness (QED) is 0.651. The second-order valence-electron chi connectivity index (χ2n) is 7.99. The molecule has 1 aliphatic carbocycles. The molecule has 1 saturated carbocycles. The van der Waals surface area contributed by atoms with Crippen molar-refractivity contribution < 1.29 is 9.18 Å². The van der Waals surface area contributed by atoms with E-state index in [1.807, 2.05) is 4.90 Å². The van der Waals surface area contributed by atoms with Gasteiger partial charge in [0.2, 0.25) is 5.91 Å². The zero-order valence-corrected chi connectivity index (χ0v) is 17.1. The van der Waals surface area contributed by atoms with Gasteiger partial charge in [-0.05, 0) is 38.2 Å². The predicted octanol–water partition coefficient (Wildman–Crippen LogP) is 4.16. The number of halogens is 2. The number of carbonyl (C=O) groups is 1. The minimum atomic E-state index is -0.492. The minimum Gasteiger partial charge on any atom is -0.365 e. The predicted molar refractivity (Wildman–Crippen MR) is 113 cm³/mol. The molecule has 4 heterocycles. The number of aromatic nitrogens is 4. The number of fused-ring (bicyclic) bond motifs is 1. The molecule has 0 spiro atoms. The Morgan fingerprint density at radius 3 is 2.97 bits per heavy atom. The standard InChI is InChI=1S/C21H22ClFN6O/c22-12-7-15-16(10-25-19(15)24-9-12)20-26-11-17(23)21(28-20)27-13-3-1-4-14(8-13)29-6-2-5-18(29)30/h7,9-11,13-14H,1-6,8H2,(H,24,25)(H,26,27,28). The summed E-state index contributed by atoms with van der Waals surface area (Å²) in [6.07, 6.45) is 9.80. The van der Waals surface area contributed by atoms with Crippen LogP contribution >= 0.6 is 11.6 Å². The van der Waals surface area contributed by atoms with Crippen molar-refractivity contribution in [2.75, 3.05) is 11.9 Å². The molecule has 7 nitrogen and oxygen atoms in total. The Labute approximate surface area is 178 Å². The van der Waals surface area contributed by atoms with E-state index in [0.717, 1.165) is 44.0 Å². The maximum atomic E-state index is 14.5. The summed E-state index contributed by atoms with van der Waals surface area (Å²) in [6, 6.07) is 2.07. The first-order valence-electron chi connectivity index (χ1n) is 10.3. The maximum Gasteiger partial charge on any atom is 0.222 e. The van der Waals surface area contributed by atoms with Crippen LogP contribution in [0.15, 0.2) is 24.7 Å². The fourth-order valence-corrected chi connectivity index (χ4v) is 4.75. The van der Waals surface area contributed by atoms with E-state index in [4.69, 9.17) is 11.6 Å². The van der Waals surface area contributed by atoms with Crippen LogP contribution in [-0.4, -0.2) is 49.4 Å². The fourth-order valence-electron chi connectivity index (χ4n) is 4.59. The topological polar surface area (TPSA) is 86.8 Å². The highest BCUT2D eigenvalue weighted by Gasteiger charge is 2.32. The molecule has 9 heteroatoms. The Morgan fingerprint density at radius 1 is 1.23 bits per heavy atom. The molecule has 3 aromatic heterocycles. The summed E-state index contributed by atoms with van der Waals surface area (Å²) in [5, 5.41) is 4.55. The molecule has 1 saturated heterocycles. The van der Waals surface area contributed by atoms with Gasteiger partial charge < -0.3 is 15.2 Å². The number of rotatable bonds is 4. The van der Waals surface area contributed by atoms with Gasteiger partial charge in [0.05, 0.1) is 11.2 Å². The van der Waals surface area contributed by atoms with Crippen LogP contribution in [0.3, 0.4) is 0 Å². The van der Waals surface area contributed by atoms with Crippen molar-refractivity contribution in [3.8, 4) is 11.4 Å². The smallest absolute Gasteiger partial charge is 0.222 e. The molecule has 0 radical (unpaired) electrons. The third-order valence-corrected chi connectivity index (χ3v) is 6.23. The van der Waals surface area contributed by atoms with E-state index in [9.17, 15) is 9.18 Å². The maximum absolute atomic E-state index is 14.5. The second kappa shape index (κ2) is 7.83. The Morgan fingerprint density at radius 2 is 2.13 bits per heavy atom. The molecule has 5 rings (SSSR count). The van der Waals surface area contributed by atoms with Gasteiger partial charge in [0.15, 0.2) is 17.5 Å². The van der Waals surface area contributed by atoms with Crippen LogP contribution in [-0.2, 0) is 4.79 Å². The number of hydrogen-bond acceptors (Lipinski definition) is 5. The van der Waals surface area contributed by atoms with Gasteiger partial charge >= 0.3 is 0 Å². The normalized spacial score (nSPS) is 22.1. The summed E-state index contributed by atoms with van der Waals surface area (Å²) in [5.41, 5.74) is 1.38. The van der Waals surface area contributed by atoms with Gasteiger partial charge in [-0.25, -0.2) is 19.3 Å². The molecule has 2 atom stereocenters. The van der Waals surface area contributed by atoms with Crippen LogP contribution in [0.5, 0.6) is 0 Å². The number of nitrogens with one attached hydrogen (secondary N) is 2. The van der Waals surface area contributed by atoms with Crippen molar-refractivity contribution >= 4 is 34.4 Å². The number of nitrogens with zero attached hydrogens (tertiary/aromatic N) is 4. The van der Waals surface area contributed by atoms with E-state index in [1.54, 1.807) is 18.5 Å². The largest absolute Gasteiger partial charge is 0.365 e. The highest BCUT2D eigenvalue weighted by molar-refractivity contribution is 6.31. The second-order valence-corrected chi connectivity index (χ2v) is 8.43. The number of likely N-dealkylation sites (tertiary alicyclic amines) is 1. The van der Waals surface area contributed by atoms with Crippen molar-refractivity contribution in [1.82, 2.24) is 24.8 Å². The summed E-state index contributed by atoms with van der Waals surface area (Å²) < 4.78 is 14.5. The van der Waals surface area contributed by atoms with Gasteiger partial charge in [0, 0.05) is 48.4 Å². The van der Waals surface area contributed by atoms with Crippen LogP contribution in [0.2, 0.25) is 5.02 Å². The molecule has 2 unspecified atom stereocenters. The monoisotopic (exact) mass is 428 g/mol. The summed E-state index contributed by atoms with van der Waals surface area (Å²) >= 11 is 6.08. The molecule has 2 N–H and O–H groups in total. The third-order valence-electron chi connectivity index (χ3n) is 6.02. The number of anilines is 1. The number of amides is 1. The third kappa shape index (κ3) is 3.60. The lowest BCUT2D eigenvalue weighted by atomic mass is 9.90. The van der Waals surface area contributed by atoms with Crippen LogP contribution in [0, 0.1) is 5.82 Å². The zero-order chi connectivity index (χ0) is 20.7. The minimum absolute atomic E-state index is 0.0634. The molecule has 0 bridgehead atoms. The van der Waals surface area contributed by atoms with Gasteiger partial charge in [-0.1, -0.05) is 11.6 Å². The zero-order valence-electron chi connectivity index (χ0n) is 16.4. The summed E-state index contributed by atoms with van der Waals surface area (Å²) in [4.78, 5) is 30.1. The van der Waals surface area contributed by atoms with E-state index >= 15 is 0 Å². The molecule has 2 fully saturated rings. The van der Waals surface area contributed by atoms with E-state index in [1.165, 1.54) is 6.20 Å². The van der Waals surface area contributed by atoms with Crippen LogP contribution < -0.4 is 5.32 Å². The first-order chi connectivity index (χ1) is 14.6. The van der Waals surface area contributed by atoms with Crippen LogP contribution in [0.1, 0.15) is 38.5 Å². The van der Waals surface area contributed by atoms with Gasteiger partial charge in [-0.15, -0.1) is 0 Å². The van der Waals surface area contributed by atoms with Crippen molar-refractivity contribution in [2.45, 2.75) is 50.6 Å². The lowest BCUT2D eigenvalue weighted by Gasteiger charge is -2.35. The molecule has 3 aromatic rings. The van der Waals surface area contributed by atoms with Crippen molar-refractivity contribution in [2.24, 2.45) is 0 Å². The molecule has 30 heavy (non-hydrogen) atoms. The average Bonchev–Trinajstić information content (AvgIpc) is 3.36. The lowest BCUT2D eigenvalue weighted by molar-refractivity contribution is -0.130. The first-order valence-corrected chi connectivity index (χ1v) is 10.7. The van der Waals surface area contributed by atoms with Crippen molar-refractivity contribution in [3.63, 3.8) is 0 Å². The SMILES string of the molecule is O=C1CCCN1C1CCCC(Nc2nc(-c3c[nH]c4ncc(Cl)cc34)ncc2F)C1. The molecule has 1 amide bonds. The van der Waals surface area contributed by atoms with Crippen LogP contribution in [0.4, 0.5) is 10.2 Å². The summed E-state index contributed by atoms with van der Waals surface area (Å²) in [7, 11) is 0. The summed E-state index contributed by atoms with van der Waals surface area (Å²) in [6.45, 7) is 0.833. The fraction of sp³-hybridized carbons (Fsp3) is 0.429. The highest BCUT2D eigenvalue weighted by atomic mass is 35.5. The molecule has 156 valence electrons. The van der Waals surface area contributed by atoms with E-state index < -0.39 is 5.82 Å². The van der Waals surface area contributed by atoms with Gasteiger partial charge in [0.25, 0.3) is 0 Å². The lowest BCUT2D eigenvalue weighted by Crippen LogP contribution is -2.42.